The predicted molar refractivity (Wildman–Crippen MR) is 69.4 cm³/mol. The largest absolute Gasteiger partial charge is 0.396 e. The van der Waals surface area contributed by atoms with Gasteiger partial charge in [-0.2, -0.15) is 0 Å². The van der Waals surface area contributed by atoms with Crippen LogP contribution >= 0.6 is 0 Å². The number of carbonyl (C=O) groups excluding carboxylic acids is 1. The second-order valence-corrected chi connectivity index (χ2v) is 5.13. The van der Waals surface area contributed by atoms with Crippen molar-refractivity contribution in [2.24, 2.45) is 11.1 Å². The van der Waals surface area contributed by atoms with Crippen LogP contribution in [0.3, 0.4) is 0 Å². The number of hydrogen-bond acceptors (Lipinski definition) is 4. The van der Waals surface area contributed by atoms with Gasteiger partial charge in [-0.3, -0.25) is 4.79 Å². The van der Waals surface area contributed by atoms with Crippen LogP contribution in [0.4, 0.5) is 5.82 Å². The molecule has 1 saturated carbocycles. The Bertz CT molecular complexity index is 438. The number of anilines is 1. The molecule has 0 spiro atoms. The molecule has 0 unspecified atom stereocenters. The molecule has 18 heavy (non-hydrogen) atoms. The molecule has 1 aromatic heterocycles. The number of aliphatic hydroxyl groups is 1. The van der Waals surface area contributed by atoms with Crippen molar-refractivity contribution in [3.8, 4) is 0 Å². The van der Waals surface area contributed by atoms with Gasteiger partial charge in [-0.1, -0.05) is 6.42 Å². The van der Waals surface area contributed by atoms with E-state index in [9.17, 15) is 9.90 Å². The van der Waals surface area contributed by atoms with Crippen LogP contribution < -0.4 is 10.6 Å². The van der Waals surface area contributed by atoms with E-state index in [1.165, 1.54) is 6.42 Å². The summed E-state index contributed by atoms with van der Waals surface area (Å²) in [5, 5.41) is 9.45. The smallest absolute Gasteiger partial charge is 0.248 e. The summed E-state index contributed by atoms with van der Waals surface area (Å²) < 4.78 is 0. The zero-order valence-corrected chi connectivity index (χ0v) is 10.6. The molecule has 0 aromatic carbocycles. The van der Waals surface area contributed by atoms with Gasteiger partial charge >= 0.3 is 0 Å². The van der Waals surface area contributed by atoms with Crippen LogP contribution in [0, 0.1) is 5.41 Å². The molecular weight excluding hydrogens is 230 g/mol. The second kappa shape index (κ2) is 4.94. The Morgan fingerprint density at radius 1 is 1.61 bits per heavy atom. The van der Waals surface area contributed by atoms with Gasteiger partial charge in [0.25, 0.3) is 0 Å². The molecule has 0 radical (unpaired) electrons. The Balaban J connectivity index is 2.11. The van der Waals surface area contributed by atoms with Gasteiger partial charge in [0.05, 0.1) is 6.61 Å². The fourth-order valence-electron chi connectivity index (χ4n) is 2.41. The average Bonchev–Trinajstić information content (AvgIpc) is 2.33. The first-order chi connectivity index (χ1) is 8.56. The van der Waals surface area contributed by atoms with E-state index >= 15 is 0 Å². The number of primary amides is 1. The van der Waals surface area contributed by atoms with Crippen LogP contribution in [0.15, 0.2) is 18.3 Å². The summed E-state index contributed by atoms with van der Waals surface area (Å²) in [5.41, 5.74) is 5.70. The van der Waals surface area contributed by atoms with Crippen molar-refractivity contribution in [1.29, 1.82) is 0 Å². The molecule has 0 saturated heterocycles. The maximum atomic E-state index is 11.1. The lowest BCUT2D eigenvalue weighted by atomic mass is 9.69. The van der Waals surface area contributed by atoms with Crippen molar-refractivity contribution in [2.75, 3.05) is 25.1 Å². The van der Waals surface area contributed by atoms with Crippen LogP contribution in [0.2, 0.25) is 0 Å². The lowest BCUT2D eigenvalue weighted by Crippen LogP contribution is -2.43. The molecule has 1 aromatic rings. The zero-order chi connectivity index (χ0) is 13.2. The van der Waals surface area contributed by atoms with E-state index in [1.54, 1.807) is 18.3 Å². The summed E-state index contributed by atoms with van der Waals surface area (Å²) in [6.07, 6.45) is 4.84. The lowest BCUT2D eigenvalue weighted by Gasteiger charge is -2.43. The van der Waals surface area contributed by atoms with E-state index in [0.29, 0.717) is 11.4 Å². The number of rotatable bonds is 5. The highest BCUT2D eigenvalue weighted by Gasteiger charge is 2.37. The Kier molecular flexibility index (Phi) is 3.52. The third kappa shape index (κ3) is 2.46. The predicted octanol–water partition coefficient (Wildman–Crippen LogP) is 0.779. The molecule has 98 valence electrons. The third-order valence-corrected chi connectivity index (χ3v) is 3.74. The molecule has 5 nitrogen and oxygen atoms in total. The van der Waals surface area contributed by atoms with Crippen molar-refractivity contribution >= 4 is 11.7 Å². The minimum Gasteiger partial charge on any atom is -0.396 e. The number of amides is 1. The van der Waals surface area contributed by atoms with E-state index in [4.69, 9.17) is 5.73 Å². The summed E-state index contributed by atoms with van der Waals surface area (Å²) in [7, 11) is 1.92. The van der Waals surface area contributed by atoms with Gasteiger partial charge < -0.3 is 15.7 Å². The summed E-state index contributed by atoms with van der Waals surface area (Å²) in [4.78, 5) is 17.3. The zero-order valence-electron chi connectivity index (χ0n) is 10.6. The van der Waals surface area contributed by atoms with Gasteiger partial charge in [-0.15, -0.1) is 0 Å². The molecule has 1 amide bonds. The van der Waals surface area contributed by atoms with E-state index < -0.39 is 5.91 Å². The van der Waals surface area contributed by atoms with E-state index in [0.717, 1.165) is 19.4 Å². The molecule has 5 heteroatoms. The highest BCUT2D eigenvalue weighted by molar-refractivity contribution is 5.93. The topological polar surface area (TPSA) is 79.5 Å². The molecule has 0 atom stereocenters. The Labute approximate surface area is 107 Å². The minimum absolute atomic E-state index is 0.000835. The number of pyridine rings is 1. The highest BCUT2D eigenvalue weighted by atomic mass is 16.3. The number of carbonyl (C=O) groups is 1. The van der Waals surface area contributed by atoms with Crippen molar-refractivity contribution in [3.63, 3.8) is 0 Å². The fourth-order valence-corrected chi connectivity index (χ4v) is 2.41. The number of nitrogens with zero attached hydrogens (tertiary/aromatic N) is 2. The SMILES string of the molecule is CN(CC1(CO)CCC1)c1cc(C(N)=O)ccn1. The number of aromatic nitrogens is 1. The Hall–Kier alpha value is -1.62. The van der Waals surface area contributed by atoms with E-state index in [1.807, 2.05) is 11.9 Å². The van der Waals surface area contributed by atoms with E-state index in [-0.39, 0.29) is 12.0 Å². The first kappa shape index (κ1) is 12.8. The van der Waals surface area contributed by atoms with Crippen molar-refractivity contribution < 1.29 is 9.90 Å². The average molecular weight is 249 g/mol. The lowest BCUT2D eigenvalue weighted by molar-refractivity contribution is 0.0523. The highest BCUT2D eigenvalue weighted by Crippen LogP contribution is 2.41. The van der Waals surface area contributed by atoms with Gasteiger partial charge in [0.15, 0.2) is 0 Å². The fraction of sp³-hybridized carbons (Fsp3) is 0.538. The number of nitrogens with two attached hydrogens (primary N) is 1. The first-order valence-electron chi connectivity index (χ1n) is 6.14. The van der Waals surface area contributed by atoms with Crippen molar-refractivity contribution in [2.45, 2.75) is 19.3 Å². The first-order valence-corrected chi connectivity index (χ1v) is 6.14. The Morgan fingerprint density at radius 2 is 2.33 bits per heavy atom. The molecule has 1 aliphatic carbocycles. The molecule has 1 aliphatic rings. The third-order valence-electron chi connectivity index (χ3n) is 3.74. The summed E-state index contributed by atoms with van der Waals surface area (Å²) >= 11 is 0. The molecule has 2 rings (SSSR count). The van der Waals surface area contributed by atoms with Crippen LogP contribution in [0.1, 0.15) is 29.6 Å². The molecule has 1 heterocycles. The van der Waals surface area contributed by atoms with Gasteiger partial charge in [0.1, 0.15) is 5.82 Å². The van der Waals surface area contributed by atoms with Crippen molar-refractivity contribution in [1.82, 2.24) is 4.98 Å². The second-order valence-electron chi connectivity index (χ2n) is 5.13. The van der Waals surface area contributed by atoms with Crippen LogP contribution in [0.5, 0.6) is 0 Å². The summed E-state index contributed by atoms with van der Waals surface area (Å²) in [6.45, 7) is 0.950. The standard InChI is InChI=1S/C13H19N3O2/c1-16(8-13(9-17)4-2-5-13)11-7-10(12(14)18)3-6-15-11/h3,6-7,17H,2,4-5,8-9H2,1H3,(H2,14,18). The summed E-state index contributed by atoms with van der Waals surface area (Å²) in [6, 6.07) is 3.29. The van der Waals surface area contributed by atoms with Gasteiger partial charge in [-0.25, -0.2) is 4.98 Å². The van der Waals surface area contributed by atoms with Crippen LogP contribution in [-0.4, -0.2) is 36.2 Å². The molecule has 0 bridgehead atoms. The molecule has 1 fully saturated rings. The number of hydrogen-bond donors (Lipinski definition) is 2. The minimum atomic E-state index is -0.451. The van der Waals surface area contributed by atoms with Gasteiger partial charge in [-0.05, 0) is 25.0 Å². The van der Waals surface area contributed by atoms with Gasteiger partial charge in [0, 0.05) is 30.8 Å². The Morgan fingerprint density at radius 3 is 2.83 bits per heavy atom. The normalized spacial score (nSPS) is 17.0. The maximum Gasteiger partial charge on any atom is 0.248 e. The van der Waals surface area contributed by atoms with Crippen molar-refractivity contribution in [3.05, 3.63) is 23.9 Å². The monoisotopic (exact) mass is 249 g/mol. The van der Waals surface area contributed by atoms with Crippen LogP contribution in [-0.2, 0) is 0 Å². The van der Waals surface area contributed by atoms with Crippen LogP contribution in [0.25, 0.3) is 0 Å². The number of aliphatic hydroxyl groups excluding tert-OH is 1. The van der Waals surface area contributed by atoms with E-state index in [2.05, 4.69) is 4.98 Å². The quantitative estimate of drug-likeness (QED) is 0.808. The summed E-state index contributed by atoms with van der Waals surface area (Å²) in [5.74, 6) is 0.263. The van der Waals surface area contributed by atoms with Gasteiger partial charge in [0.2, 0.25) is 5.91 Å². The molecule has 3 N–H and O–H groups in total. The maximum absolute atomic E-state index is 11.1. The molecule has 0 aliphatic heterocycles. The molecular formula is C13H19N3O2.